The number of carbonyl (C=O) groups is 2. The Morgan fingerprint density at radius 1 is 1.20 bits per heavy atom. The maximum Gasteiger partial charge on any atom is 0.305 e. The number of aryl methyl sites for hydroxylation is 1. The van der Waals surface area contributed by atoms with Crippen molar-refractivity contribution in [2.75, 3.05) is 33.3 Å². The Morgan fingerprint density at radius 3 is 2.40 bits per heavy atom. The quantitative estimate of drug-likeness (QED) is 0.653. The average molecular weight is 454 g/mol. The molecule has 1 N–H and O–H groups in total. The third kappa shape index (κ3) is 4.47. The number of nitrogens with one attached hydrogen (secondary N) is 1. The van der Waals surface area contributed by atoms with Crippen molar-refractivity contribution in [1.29, 1.82) is 0 Å². The second-order valence-electron chi connectivity index (χ2n) is 6.97. The number of hydrogen-bond donors (Lipinski definition) is 1. The van der Waals surface area contributed by atoms with Gasteiger partial charge in [0.1, 0.15) is 5.75 Å². The first-order valence-corrected chi connectivity index (χ1v) is 11.5. The van der Waals surface area contributed by atoms with Gasteiger partial charge < -0.3 is 14.6 Å². The van der Waals surface area contributed by atoms with E-state index in [1.807, 2.05) is 0 Å². The highest BCUT2D eigenvalue weighted by molar-refractivity contribution is 7.91. The van der Waals surface area contributed by atoms with Crippen molar-refractivity contribution in [3.05, 3.63) is 44.7 Å². The summed E-state index contributed by atoms with van der Waals surface area (Å²) in [6.07, 6.45) is 0.0512. The summed E-state index contributed by atoms with van der Waals surface area (Å²) < 4.78 is 32.2. The molecule has 0 bridgehead atoms. The average Bonchev–Trinajstić information content (AvgIpc) is 3.06. The first-order valence-electron chi connectivity index (χ1n) is 9.29. The summed E-state index contributed by atoms with van der Waals surface area (Å²) >= 11 is 0.669. The normalized spacial score (nSPS) is 15.2. The van der Waals surface area contributed by atoms with Crippen molar-refractivity contribution in [2.24, 2.45) is 0 Å². The molecule has 1 aliphatic rings. The Kier molecular flexibility index (Phi) is 6.44. The lowest BCUT2D eigenvalue weighted by atomic mass is 10.0. The van der Waals surface area contributed by atoms with Gasteiger partial charge in [0.05, 0.1) is 13.5 Å². The molecule has 0 atom stereocenters. The Labute approximate surface area is 178 Å². The summed E-state index contributed by atoms with van der Waals surface area (Å²) in [5.74, 6) is 0.244. The second-order valence-corrected chi connectivity index (χ2v) is 10.1. The highest BCUT2D eigenvalue weighted by atomic mass is 32.2. The van der Waals surface area contributed by atoms with E-state index in [0.29, 0.717) is 33.9 Å². The summed E-state index contributed by atoms with van der Waals surface area (Å²) in [6.45, 7) is 3.77. The number of thiazole rings is 1. The molecule has 0 spiro atoms. The van der Waals surface area contributed by atoms with Gasteiger partial charge >= 0.3 is 4.87 Å². The maximum absolute atomic E-state index is 12.8. The number of amides is 1. The van der Waals surface area contributed by atoms with Gasteiger partial charge in [-0.15, -0.1) is 0 Å². The molecule has 1 aromatic heterocycles. The van der Waals surface area contributed by atoms with Crippen molar-refractivity contribution in [3.63, 3.8) is 0 Å². The lowest BCUT2D eigenvalue weighted by Gasteiger charge is -2.34. The van der Waals surface area contributed by atoms with Crippen LogP contribution in [-0.4, -0.2) is 67.6 Å². The molecule has 2 heterocycles. The van der Waals surface area contributed by atoms with Gasteiger partial charge in [0.15, 0.2) is 9.99 Å². The summed E-state index contributed by atoms with van der Waals surface area (Å²) in [4.78, 5) is 39.5. The second kappa shape index (κ2) is 8.70. The van der Waals surface area contributed by atoms with Crippen molar-refractivity contribution < 1.29 is 22.7 Å². The maximum atomic E-state index is 12.8. The SMILES string of the molecule is COc1ccc(C(C)=O)cc1CC(=O)N1CCN(S(=O)(=O)c2sc(=O)[nH]c2C)CC1. The molecule has 3 rings (SSSR count). The van der Waals surface area contributed by atoms with Crippen LogP contribution in [0, 0.1) is 6.92 Å². The Bertz CT molecular complexity index is 1130. The van der Waals surface area contributed by atoms with Crippen LogP contribution < -0.4 is 9.61 Å². The van der Waals surface area contributed by atoms with Crippen molar-refractivity contribution in [3.8, 4) is 5.75 Å². The number of aromatic nitrogens is 1. The van der Waals surface area contributed by atoms with Crippen molar-refractivity contribution >= 4 is 33.1 Å². The minimum absolute atomic E-state index is 0.0121. The van der Waals surface area contributed by atoms with E-state index in [1.165, 1.54) is 18.3 Å². The molecular formula is C19H23N3O6S2. The van der Waals surface area contributed by atoms with E-state index < -0.39 is 14.9 Å². The van der Waals surface area contributed by atoms with E-state index in [-0.39, 0.29) is 48.5 Å². The predicted molar refractivity (Wildman–Crippen MR) is 112 cm³/mol. The van der Waals surface area contributed by atoms with Gasteiger partial charge in [0, 0.05) is 43.0 Å². The molecular weight excluding hydrogens is 430 g/mol. The van der Waals surface area contributed by atoms with Crippen LogP contribution in [0.25, 0.3) is 0 Å². The van der Waals surface area contributed by atoms with E-state index in [0.717, 1.165) is 0 Å². The summed E-state index contributed by atoms with van der Waals surface area (Å²) in [6, 6.07) is 4.96. The van der Waals surface area contributed by atoms with Gasteiger partial charge in [-0.05, 0) is 32.0 Å². The predicted octanol–water partition coefficient (Wildman–Crippen LogP) is 1.03. The summed E-state index contributed by atoms with van der Waals surface area (Å²) in [5, 5.41) is 0. The first kappa shape index (κ1) is 22.2. The molecule has 1 aromatic carbocycles. The molecule has 0 saturated carbocycles. The number of aromatic amines is 1. The highest BCUT2D eigenvalue weighted by Gasteiger charge is 2.32. The van der Waals surface area contributed by atoms with Crippen molar-refractivity contribution in [1.82, 2.24) is 14.2 Å². The molecule has 0 radical (unpaired) electrons. The van der Waals surface area contributed by atoms with Gasteiger partial charge in [-0.2, -0.15) is 4.31 Å². The fourth-order valence-corrected chi connectivity index (χ4v) is 6.20. The zero-order valence-electron chi connectivity index (χ0n) is 16.9. The molecule has 0 aliphatic carbocycles. The lowest BCUT2D eigenvalue weighted by Crippen LogP contribution is -2.50. The monoisotopic (exact) mass is 453 g/mol. The zero-order valence-corrected chi connectivity index (χ0v) is 18.6. The fourth-order valence-electron chi connectivity index (χ4n) is 3.34. The van der Waals surface area contributed by atoms with E-state index in [1.54, 1.807) is 30.0 Å². The number of rotatable bonds is 6. The van der Waals surface area contributed by atoms with Crippen LogP contribution in [0.4, 0.5) is 0 Å². The van der Waals surface area contributed by atoms with E-state index in [2.05, 4.69) is 4.98 Å². The van der Waals surface area contributed by atoms with Crippen LogP contribution in [0.1, 0.15) is 28.5 Å². The van der Waals surface area contributed by atoms with Crippen LogP contribution in [0.5, 0.6) is 5.75 Å². The van der Waals surface area contributed by atoms with Crippen LogP contribution in [-0.2, 0) is 21.2 Å². The van der Waals surface area contributed by atoms with Crippen LogP contribution in [0.3, 0.4) is 0 Å². The van der Waals surface area contributed by atoms with Crippen LogP contribution in [0.2, 0.25) is 0 Å². The molecule has 9 nitrogen and oxygen atoms in total. The zero-order chi connectivity index (χ0) is 22.1. The Hall–Kier alpha value is -2.50. The minimum atomic E-state index is -3.78. The van der Waals surface area contributed by atoms with Gasteiger partial charge in [0.2, 0.25) is 5.91 Å². The van der Waals surface area contributed by atoms with Gasteiger partial charge in [-0.1, -0.05) is 11.3 Å². The Morgan fingerprint density at radius 2 is 1.87 bits per heavy atom. The van der Waals surface area contributed by atoms with Gasteiger partial charge in [-0.25, -0.2) is 8.42 Å². The lowest BCUT2D eigenvalue weighted by molar-refractivity contribution is -0.131. The van der Waals surface area contributed by atoms with E-state index in [4.69, 9.17) is 4.74 Å². The summed E-state index contributed by atoms with van der Waals surface area (Å²) in [7, 11) is -2.28. The van der Waals surface area contributed by atoms with Crippen LogP contribution >= 0.6 is 11.3 Å². The highest BCUT2D eigenvalue weighted by Crippen LogP contribution is 2.24. The third-order valence-corrected chi connectivity index (χ3v) is 8.46. The standard InChI is InChI=1S/C19H23N3O6S2/c1-12-18(29-19(25)20-12)30(26,27)22-8-6-21(7-9-22)17(24)11-15-10-14(13(2)23)4-5-16(15)28-3/h4-5,10H,6-9,11H2,1-3H3,(H,20,25). The van der Waals surface area contributed by atoms with Gasteiger partial charge in [0.25, 0.3) is 10.0 Å². The molecule has 1 saturated heterocycles. The number of ether oxygens (including phenoxy) is 1. The number of ketones is 1. The first-order chi connectivity index (χ1) is 14.1. The molecule has 1 amide bonds. The topological polar surface area (TPSA) is 117 Å². The number of H-pyrrole nitrogens is 1. The number of sulfonamides is 1. The number of methoxy groups -OCH3 is 1. The molecule has 2 aromatic rings. The van der Waals surface area contributed by atoms with E-state index in [9.17, 15) is 22.8 Å². The molecule has 30 heavy (non-hydrogen) atoms. The Balaban J connectivity index is 1.69. The molecule has 11 heteroatoms. The van der Waals surface area contributed by atoms with E-state index >= 15 is 0 Å². The third-order valence-electron chi connectivity index (χ3n) is 4.98. The molecule has 1 fully saturated rings. The molecule has 162 valence electrons. The minimum Gasteiger partial charge on any atom is -0.496 e. The number of piperazine rings is 1. The number of carbonyl (C=O) groups excluding carboxylic acids is 2. The summed E-state index contributed by atoms with van der Waals surface area (Å²) in [5.41, 5.74) is 1.43. The number of nitrogens with zero attached hydrogens (tertiary/aromatic N) is 2. The fraction of sp³-hybridized carbons (Fsp3) is 0.421. The van der Waals surface area contributed by atoms with Gasteiger partial charge in [-0.3, -0.25) is 14.4 Å². The van der Waals surface area contributed by atoms with Crippen LogP contribution in [0.15, 0.2) is 27.2 Å². The molecule has 0 unspecified atom stereocenters. The number of benzene rings is 1. The number of hydrogen-bond acceptors (Lipinski definition) is 7. The van der Waals surface area contributed by atoms with Crippen molar-refractivity contribution in [2.45, 2.75) is 24.5 Å². The number of Topliss-reactive ketones (excluding diaryl/α,β-unsaturated/α-hetero) is 1. The molecule has 1 aliphatic heterocycles. The largest absolute Gasteiger partial charge is 0.496 e. The smallest absolute Gasteiger partial charge is 0.305 e.